The van der Waals surface area contributed by atoms with Gasteiger partial charge in [0, 0.05) is 0 Å². The lowest BCUT2D eigenvalue weighted by molar-refractivity contribution is 0.744. The van der Waals surface area contributed by atoms with Crippen molar-refractivity contribution in [3.8, 4) is 5.69 Å². The van der Waals surface area contributed by atoms with Gasteiger partial charge in [0.2, 0.25) is 0 Å². The summed E-state index contributed by atoms with van der Waals surface area (Å²) in [6, 6.07) is 12.4. The van der Waals surface area contributed by atoms with Crippen molar-refractivity contribution in [2.45, 2.75) is 24.8 Å². The summed E-state index contributed by atoms with van der Waals surface area (Å²) in [7, 11) is 0. The maximum atomic E-state index is 4.65. The standard InChI is InChI=1S/C13H16N2S/c1-10(2)12-9-13(16-3)15(14-12)11-7-5-4-6-8-11/h4-10H,1-3H3. The first-order valence-electron chi connectivity index (χ1n) is 5.41. The molecule has 0 saturated carbocycles. The van der Waals surface area contributed by atoms with Crippen LogP contribution in [0.3, 0.4) is 0 Å². The van der Waals surface area contributed by atoms with E-state index in [1.54, 1.807) is 11.8 Å². The Labute approximate surface area is 101 Å². The number of aromatic nitrogens is 2. The normalized spacial score (nSPS) is 11.0. The summed E-state index contributed by atoms with van der Waals surface area (Å²) in [5, 5.41) is 5.84. The van der Waals surface area contributed by atoms with Crippen LogP contribution in [0.15, 0.2) is 41.4 Å². The summed E-state index contributed by atoms with van der Waals surface area (Å²) in [6.45, 7) is 4.34. The molecule has 0 bridgehead atoms. The first-order chi connectivity index (χ1) is 7.72. The summed E-state index contributed by atoms with van der Waals surface area (Å²) in [6.07, 6.45) is 2.08. The third kappa shape index (κ3) is 2.14. The minimum Gasteiger partial charge on any atom is -0.227 e. The lowest BCUT2D eigenvalue weighted by Gasteiger charge is -2.04. The Morgan fingerprint density at radius 2 is 1.88 bits per heavy atom. The van der Waals surface area contributed by atoms with Crippen molar-refractivity contribution < 1.29 is 0 Å². The fourth-order valence-electron chi connectivity index (χ4n) is 1.56. The molecule has 0 N–H and O–H groups in total. The lowest BCUT2D eigenvalue weighted by Crippen LogP contribution is -1.98. The van der Waals surface area contributed by atoms with Crippen LogP contribution in [-0.4, -0.2) is 16.0 Å². The zero-order valence-electron chi connectivity index (χ0n) is 9.84. The van der Waals surface area contributed by atoms with E-state index in [0.717, 1.165) is 11.4 Å². The van der Waals surface area contributed by atoms with Gasteiger partial charge in [0.25, 0.3) is 0 Å². The second-order valence-corrected chi connectivity index (χ2v) is 4.84. The van der Waals surface area contributed by atoms with Gasteiger partial charge in [-0.1, -0.05) is 32.0 Å². The summed E-state index contributed by atoms with van der Waals surface area (Å²) in [4.78, 5) is 0. The average Bonchev–Trinajstić information content (AvgIpc) is 2.74. The fraction of sp³-hybridized carbons (Fsp3) is 0.308. The number of thioether (sulfide) groups is 1. The molecule has 0 amide bonds. The SMILES string of the molecule is CSc1cc(C(C)C)nn1-c1ccccc1. The molecular formula is C13H16N2S. The van der Waals surface area contributed by atoms with Gasteiger partial charge in [-0.25, -0.2) is 4.68 Å². The summed E-state index contributed by atoms with van der Waals surface area (Å²) in [5.41, 5.74) is 2.27. The molecule has 1 aromatic heterocycles. The van der Waals surface area contributed by atoms with Crippen LogP contribution in [0.5, 0.6) is 0 Å². The monoisotopic (exact) mass is 232 g/mol. The average molecular weight is 232 g/mol. The van der Waals surface area contributed by atoms with E-state index in [4.69, 9.17) is 0 Å². The first-order valence-corrected chi connectivity index (χ1v) is 6.64. The van der Waals surface area contributed by atoms with Gasteiger partial charge in [0.05, 0.1) is 16.4 Å². The fourth-order valence-corrected chi connectivity index (χ4v) is 2.12. The Kier molecular flexibility index (Phi) is 3.34. The van der Waals surface area contributed by atoms with Crippen LogP contribution in [0.4, 0.5) is 0 Å². The predicted molar refractivity (Wildman–Crippen MR) is 69.4 cm³/mol. The molecule has 0 spiro atoms. The highest BCUT2D eigenvalue weighted by molar-refractivity contribution is 7.98. The second kappa shape index (κ2) is 4.74. The van der Waals surface area contributed by atoms with Crippen LogP contribution >= 0.6 is 11.8 Å². The zero-order valence-corrected chi connectivity index (χ0v) is 10.7. The van der Waals surface area contributed by atoms with Crippen LogP contribution < -0.4 is 0 Å². The molecule has 84 valence electrons. The molecule has 1 heterocycles. The van der Waals surface area contributed by atoms with Crippen molar-refractivity contribution in [3.05, 3.63) is 42.1 Å². The van der Waals surface area contributed by atoms with Gasteiger partial charge in [-0.3, -0.25) is 0 Å². The summed E-state index contributed by atoms with van der Waals surface area (Å²) >= 11 is 1.73. The van der Waals surface area contributed by atoms with Gasteiger partial charge in [-0.2, -0.15) is 5.10 Å². The highest BCUT2D eigenvalue weighted by Gasteiger charge is 2.10. The largest absolute Gasteiger partial charge is 0.227 e. The van der Waals surface area contributed by atoms with Gasteiger partial charge in [-0.15, -0.1) is 11.8 Å². The molecule has 2 rings (SSSR count). The van der Waals surface area contributed by atoms with Crippen molar-refractivity contribution in [3.63, 3.8) is 0 Å². The lowest BCUT2D eigenvalue weighted by atomic mass is 10.1. The smallest absolute Gasteiger partial charge is 0.0998 e. The number of hydrogen-bond acceptors (Lipinski definition) is 2. The van der Waals surface area contributed by atoms with Gasteiger partial charge < -0.3 is 0 Å². The number of para-hydroxylation sites is 1. The van der Waals surface area contributed by atoms with E-state index in [9.17, 15) is 0 Å². The van der Waals surface area contributed by atoms with Crippen molar-refractivity contribution in [2.75, 3.05) is 6.26 Å². The molecule has 0 fully saturated rings. The molecule has 16 heavy (non-hydrogen) atoms. The Hall–Kier alpha value is -1.22. The summed E-state index contributed by atoms with van der Waals surface area (Å²) < 4.78 is 2.01. The van der Waals surface area contributed by atoms with Gasteiger partial charge >= 0.3 is 0 Å². The van der Waals surface area contributed by atoms with E-state index in [0.29, 0.717) is 5.92 Å². The molecule has 0 aliphatic rings. The van der Waals surface area contributed by atoms with E-state index < -0.39 is 0 Å². The molecule has 0 atom stereocenters. The Balaban J connectivity index is 2.48. The van der Waals surface area contributed by atoms with Crippen molar-refractivity contribution in [1.29, 1.82) is 0 Å². The second-order valence-electron chi connectivity index (χ2n) is 4.01. The van der Waals surface area contributed by atoms with Crippen LogP contribution in [0.1, 0.15) is 25.5 Å². The Bertz CT molecular complexity index is 460. The molecule has 0 aliphatic carbocycles. The zero-order chi connectivity index (χ0) is 11.5. The quantitative estimate of drug-likeness (QED) is 0.751. The highest BCUT2D eigenvalue weighted by Crippen LogP contribution is 2.24. The predicted octanol–water partition coefficient (Wildman–Crippen LogP) is 3.72. The molecule has 0 radical (unpaired) electrons. The van der Waals surface area contributed by atoms with Crippen LogP contribution in [0, 0.1) is 0 Å². The third-order valence-electron chi connectivity index (χ3n) is 2.50. The molecule has 0 saturated heterocycles. The maximum Gasteiger partial charge on any atom is 0.0998 e. The van der Waals surface area contributed by atoms with Gasteiger partial charge in [-0.05, 0) is 30.4 Å². The molecular weight excluding hydrogens is 216 g/mol. The van der Waals surface area contributed by atoms with E-state index in [1.165, 1.54) is 5.03 Å². The molecule has 1 aromatic carbocycles. The number of rotatable bonds is 3. The van der Waals surface area contributed by atoms with Crippen molar-refractivity contribution >= 4 is 11.8 Å². The molecule has 0 aliphatic heterocycles. The van der Waals surface area contributed by atoms with E-state index >= 15 is 0 Å². The highest BCUT2D eigenvalue weighted by atomic mass is 32.2. The van der Waals surface area contributed by atoms with E-state index in [-0.39, 0.29) is 0 Å². The Morgan fingerprint density at radius 3 is 2.44 bits per heavy atom. The van der Waals surface area contributed by atoms with Gasteiger partial charge in [0.15, 0.2) is 0 Å². The van der Waals surface area contributed by atoms with Crippen LogP contribution in [-0.2, 0) is 0 Å². The van der Waals surface area contributed by atoms with Crippen LogP contribution in [0.2, 0.25) is 0 Å². The summed E-state index contributed by atoms with van der Waals surface area (Å²) in [5.74, 6) is 0.468. The van der Waals surface area contributed by atoms with Crippen LogP contribution in [0.25, 0.3) is 5.69 Å². The molecule has 2 nitrogen and oxygen atoms in total. The number of nitrogens with zero attached hydrogens (tertiary/aromatic N) is 2. The molecule has 2 aromatic rings. The molecule has 3 heteroatoms. The number of hydrogen-bond donors (Lipinski definition) is 0. The first kappa shape index (κ1) is 11.3. The minimum atomic E-state index is 0.468. The maximum absolute atomic E-state index is 4.65. The van der Waals surface area contributed by atoms with E-state index in [1.807, 2.05) is 22.9 Å². The Morgan fingerprint density at radius 1 is 1.19 bits per heavy atom. The number of benzene rings is 1. The topological polar surface area (TPSA) is 17.8 Å². The third-order valence-corrected chi connectivity index (χ3v) is 3.21. The van der Waals surface area contributed by atoms with Crippen molar-refractivity contribution in [1.82, 2.24) is 9.78 Å². The molecule has 0 unspecified atom stereocenters. The van der Waals surface area contributed by atoms with Crippen molar-refractivity contribution in [2.24, 2.45) is 0 Å². The minimum absolute atomic E-state index is 0.468. The van der Waals surface area contributed by atoms with E-state index in [2.05, 4.69) is 43.4 Å². The van der Waals surface area contributed by atoms with Gasteiger partial charge in [0.1, 0.15) is 0 Å².